The number of Topliss-reactive ketones (excluding diaryl/α,β-unsaturated/α-hetero) is 1. The van der Waals surface area contributed by atoms with Crippen molar-refractivity contribution in [3.05, 3.63) is 57.8 Å². The molecule has 25 heavy (non-hydrogen) atoms. The van der Waals surface area contributed by atoms with Crippen LogP contribution in [0.2, 0.25) is 19.6 Å². The number of allylic oxidation sites excluding steroid dienone is 1. The molecule has 0 amide bonds. The van der Waals surface area contributed by atoms with Crippen molar-refractivity contribution in [1.29, 1.82) is 0 Å². The Morgan fingerprint density at radius 1 is 1.08 bits per heavy atom. The molecule has 0 heterocycles. The third-order valence-corrected chi connectivity index (χ3v) is 7.09. The summed E-state index contributed by atoms with van der Waals surface area (Å²) in [5.74, 6) is -0.394. The fourth-order valence-corrected chi connectivity index (χ4v) is 5.99. The molecule has 0 bridgehead atoms. The molecular formula is C21H26O3Si. The summed E-state index contributed by atoms with van der Waals surface area (Å²) in [7, 11) is -1.81. The van der Waals surface area contributed by atoms with Gasteiger partial charge in [-0.15, -0.1) is 0 Å². The molecule has 0 fully saturated rings. The van der Waals surface area contributed by atoms with Gasteiger partial charge in [-0.2, -0.15) is 0 Å². The number of esters is 1. The third-order valence-electron chi connectivity index (χ3n) is 5.05. The summed E-state index contributed by atoms with van der Waals surface area (Å²) in [5.41, 5.74) is 3.89. The molecule has 0 N–H and O–H groups in total. The topological polar surface area (TPSA) is 43.4 Å². The maximum atomic E-state index is 13.2. The molecule has 4 heteroatoms. The van der Waals surface area contributed by atoms with Crippen molar-refractivity contribution >= 4 is 19.8 Å². The van der Waals surface area contributed by atoms with Gasteiger partial charge in [0, 0.05) is 5.57 Å². The lowest BCUT2D eigenvalue weighted by Gasteiger charge is -2.19. The average molecular weight is 355 g/mol. The van der Waals surface area contributed by atoms with E-state index < -0.39 is 20.1 Å². The number of carbonyl (C=O) groups excluding carboxylic acids is 2. The zero-order valence-electron chi connectivity index (χ0n) is 15.5. The van der Waals surface area contributed by atoms with Gasteiger partial charge < -0.3 is 4.74 Å². The van der Waals surface area contributed by atoms with Crippen LogP contribution in [0.25, 0.3) is 0 Å². The Bertz CT molecular complexity index is 766. The fraction of sp³-hybridized carbons (Fsp3) is 0.429. The van der Waals surface area contributed by atoms with Gasteiger partial charge in [-0.05, 0) is 55.5 Å². The second kappa shape index (κ2) is 6.75. The number of ether oxygens (including phenoxy) is 1. The van der Waals surface area contributed by atoms with E-state index >= 15 is 0 Å². The Balaban J connectivity index is 2.01. The molecule has 0 saturated heterocycles. The van der Waals surface area contributed by atoms with Gasteiger partial charge in [0.05, 0.1) is 13.6 Å². The second-order valence-electron chi connectivity index (χ2n) is 8.02. The lowest BCUT2D eigenvalue weighted by atomic mass is 9.99. The minimum absolute atomic E-state index is 0.0229. The van der Waals surface area contributed by atoms with Crippen molar-refractivity contribution in [3.63, 3.8) is 0 Å². The molecular weight excluding hydrogens is 328 g/mol. The van der Waals surface area contributed by atoms with Crippen LogP contribution in [0.3, 0.4) is 0 Å². The zero-order valence-corrected chi connectivity index (χ0v) is 16.5. The van der Waals surface area contributed by atoms with Crippen molar-refractivity contribution in [2.24, 2.45) is 0 Å². The molecule has 0 unspecified atom stereocenters. The van der Waals surface area contributed by atoms with E-state index in [1.54, 1.807) is 24.3 Å². The summed E-state index contributed by atoms with van der Waals surface area (Å²) in [5, 5.41) is 0.981. The first-order valence-corrected chi connectivity index (χ1v) is 12.5. The summed E-state index contributed by atoms with van der Waals surface area (Å²) in [4.78, 5) is 25.8. The molecule has 1 aromatic rings. The Labute approximate surface area is 150 Å². The first kappa shape index (κ1) is 17.9. The molecule has 3 rings (SSSR count). The highest BCUT2D eigenvalue weighted by molar-refractivity contribution is 6.88. The Morgan fingerprint density at radius 2 is 1.72 bits per heavy atom. The summed E-state index contributed by atoms with van der Waals surface area (Å²) in [6.07, 6.45) is 3.38. The molecule has 3 nitrogen and oxygen atoms in total. The van der Waals surface area contributed by atoms with Crippen molar-refractivity contribution in [3.8, 4) is 0 Å². The van der Waals surface area contributed by atoms with Crippen molar-refractivity contribution in [2.75, 3.05) is 0 Å². The lowest BCUT2D eigenvalue weighted by Crippen LogP contribution is -2.34. The summed E-state index contributed by atoms with van der Waals surface area (Å²) >= 11 is 0. The van der Waals surface area contributed by atoms with Crippen LogP contribution in [-0.2, 0) is 9.53 Å². The van der Waals surface area contributed by atoms with Crippen molar-refractivity contribution < 1.29 is 14.3 Å². The molecule has 1 aromatic carbocycles. The molecule has 0 radical (unpaired) electrons. The molecule has 0 spiro atoms. The Kier molecular flexibility index (Phi) is 4.83. The van der Waals surface area contributed by atoms with Gasteiger partial charge in [0.1, 0.15) is 0 Å². The van der Waals surface area contributed by atoms with E-state index in [0.717, 1.165) is 36.5 Å². The van der Waals surface area contributed by atoms with E-state index in [2.05, 4.69) is 26.6 Å². The van der Waals surface area contributed by atoms with Gasteiger partial charge in [-0.1, -0.05) is 43.4 Å². The Hall–Kier alpha value is -1.94. The van der Waals surface area contributed by atoms with Crippen LogP contribution in [-0.4, -0.2) is 25.9 Å². The quantitative estimate of drug-likeness (QED) is 0.575. The first-order valence-electron chi connectivity index (χ1n) is 9.04. The lowest BCUT2D eigenvalue weighted by molar-refractivity contribution is -0.120. The molecule has 132 valence electrons. The number of rotatable bonds is 3. The monoisotopic (exact) mass is 354 g/mol. The number of carbonyl (C=O) groups is 2. The molecule has 0 aromatic heterocycles. The highest BCUT2D eigenvalue weighted by Gasteiger charge is 2.45. The zero-order chi connectivity index (χ0) is 18.2. The SMILES string of the molecule is CC1=C2C(=C([Si](C)(C)C)C(=O)[C@@H]2OC(=O)c2ccccc2)CCCC1. The van der Waals surface area contributed by atoms with Gasteiger partial charge in [0.25, 0.3) is 0 Å². The number of ketones is 1. The molecule has 2 aliphatic rings. The van der Waals surface area contributed by atoms with E-state index in [1.807, 2.05) is 6.07 Å². The predicted octanol–water partition coefficient (Wildman–Crippen LogP) is 4.86. The van der Waals surface area contributed by atoms with E-state index in [9.17, 15) is 9.59 Å². The summed E-state index contributed by atoms with van der Waals surface area (Å²) < 4.78 is 5.76. The van der Waals surface area contributed by atoms with E-state index in [1.165, 1.54) is 11.1 Å². The van der Waals surface area contributed by atoms with Crippen LogP contribution in [0, 0.1) is 0 Å². The molecule has 2 aliphatic carbocycles. The van der Waals surface area contributed by atoms with Gasteiger partial charge in [-0.25, -0.2) is 4.79 Å². The molecule has 1 atom stereocenters. The number of hydrogen-bond acceptors (Lipinski definition) is 3. The third kappa shape index (κ3) is 3.40. The molecule has 0 aliphatic heterocycles. The predicted molar refractivity (Wildman–Crippen MR) is 102 cm³/mol. The largest absolute Gasteiger partial charge is 0.445 e. The average Bonchev–Trinajstić information content (AvgIpc) is 2.70. The number of hydrogen-bond donors (Lipinski definition) is 0. The minimum Gasteiger partial charge on any atom is -0.445 e. The number of benzene rings is 1. The number of fused-ring (bicyclic) bond motifs is 1. The smallest absolute Gasteiger partial charge is 0.339 e. The first-order chi connectivity index (χ1) is 11.8. The van der Waals surface area contributed by atoms with E-state index in [4.69, 9.17) is 4.74 Å². The van der Waals surface area contributed by atoms with Gasteiger partial charge in [-0.3, -0.25) is 4.79 Å². The van der Waals surface area contributed by atoms with Gasteiger partial charge in [0.15, 0.2) is 11.9 Å². The van der Waals surface area contributed by atoms with Gasteiger partial charge in [0.2, 0.25) is 0 Å². The van der Waals surface area contributed by atoms with Crippen LogP contribution in [0.1, 0.15) is 43.0 Å². The van der Waals surface area contributed by atoms with Crippen molar-refractivity contribution in [2.45, 2.75) is 58.4 Å². The van der Waals surface area contributed by atoms with E-state index in [-0.39, 0.29) is 5.78 Å². The summed E-state index contributed by atoms with van der Waals surface area (Å²) in [6.45, 7) is 8.69. The van der Waals surface area contributed by atoms with Crippen LogP contribution in [0.15, 0.2) is 52.2 Å². The van der Waals surface area contributed by atoms with Crippen molar-refractivity contribution in [1.82, 2.24) is 0 Å². The second-order valence-corrected chi connectivity index (χ2v) is 13.0. The highest BCUT2D eigenvalue weighted by atomic mass is 28.3. The maximum absolute atomic E-state index is 13.2. The maximum Gasteiger partial charge on any atom is 0.339 e. The van der Waals surface area contributed by atoms with Crippen LogP contribution >= 0.6 is 0 Å². The van der Waals surface area contributed by atoms with Crippen LogP contribution in [0.5, 0.6) is 0 Å². The summed E-state index contributed by atoms with van der Waals surface area (Å²) in [6, 6.07) is 8.92. The Morgan fingerprint density at radius 3 is 2.36 bits per heavy atom. The van der Waals surface area contributed by atoms with Crippen LogP contribution in [0.4, 0.5) is 0 Å². The molecule has 0 saturated carbocycles. The fourth-order valence-electron chi connectivity index (χ4n) is 3.96. The van der Waals surface area contributed by atoms with Crippen LogP contribution < -0.4 is 0 Å². The minimum atomic E-state index is -1.81. The van der Waals surface area contributed by atoms with E-state index in [0.29, 0.717) is 5.56 Å². The normalized spacial score (nSPS) is 21.3. The van der Waals surface area contributed by atoms with Gasteiger partial charge >= 0.3 is 5.97 Å². The standard InChI is InChI=1S/C21H26O3Si/c1-14-10-8-9-13-16-17(14)19(18(22)20(16)25(2,3)4)24-21(23)15-11-6-5-7-12-15/h5-7,11-12,19H,8-10,13H2,1-4H3/t19-/m1/s1. The highest BCUT2D eigenvalue weighted by Crippen LogP contribution is 2.43.